The van der Waals surface area contributed by atoms with Crippen molar-refractivity contribution in [3.05, 3.63) is 48.6 Å². The third-order valence-corrected chi connectivity index (χ3v) is 2.47. The van der Waals surface area contributed by atoms with Crippen molar-refractivity contribution in [3.63, 3.8) is 0 Å². The second kappa shape index (κ2) is 8.57. The topological polar surface area (TPSA) is 20.3 Å². The number of hydrogen-bond acceptors (Lipinski definition) is 1. The molecule has 0 aromatic carbocycles. The zero-order chi connectivity index (χ0) is 13.3. The van der Waals surface area contributed by atoms with E-state index in [0.29, 0.717) is 6.54 Å². The maximum absolute atomic E-state index is 12.0. The number of carbonyl (C=O) groups is 1. The van der Waals surface area contributed by atoms with E-state index in [9.17, 15) is 4.79 Å². The lowest BCUT2D eigenvalue weighted by molar-refractivity contribution is -0.127. The molecule has 0 aliphatic carbocycles. The fourth-order valence-corrected chi connectivity index (χ4v) is 1.75. The average molecular weight is 233 g/mol. The first-order valence-electron chi connectivity index (χ1n) is 6.13. The molecule has 0 saturated carbocycles. The van der Waals surface area contributed by atoms with E-state index in [-0.39, 0.29) is 5.91 Å². The Morgan fingerprint density at radius 2 is 2.00 bits per heavy atom. The van der Waals surface area contributed by atoms with Gasteiger partial charge in [-0.2, -0.15) is 0 Å². The molecule has 1 amide bonds. The molecule has 1 aliphatic heterocycles. The van der Waals surface area contributed by atoms with Crippen LogP contribution in [0.3, 0.4) is 0 Å². The van der Waals surface area contributed by atoms with Crippen molar-refractivity contribution >= 4 is 5.91 Å². The number of carbonyl (C=O) groups excluding carboxylic acids is 1. The molecule has 1 saturated heterocycles. The Morgan fingerprint density at radius 1 is 1.35 bits per heavy atom. The SMILES string of the molecule is C=C/C=C1/CCN(CC=C)C(=O)/C1=C/C.CC. The smallest absolute Gasteiger partial charge is 0.254 e. The van der Waals surface area contributed by atoms with E-state index in [0.717, 1.165) is 24.1 Å². The molecule has 2 nitrogen and oxygen atoms in total. The molecule has 0 aromatic rings. The van der Waals surface area contributed by atoms with Gasteiger partial charge in [0.2, 0.25) is 0 Å². The summed E-state index contributed by atoms with van der Waals surface area (Å²) in [5, 5.41) is 0. The molecule has 0 aromatic heterocycles. The van der Waals surface area contributed by atoms with Crippen LogP contribution in [0, 0.1) is 0 Å². The molecule has 1 aliphatic rings. The van der Waals surface area contributed by atoms with Crippen LogP contribution in [0.25, 0.3) is 0 Å². The molecule has 0 atom stereocenters. The van der Waals surface area contributed by atoms with Gasteiger partial charge in [0, 0.05) is 18.7 Å². The normalized spacial score (nSPS) is 19.9. The third kappa shape index (κ3) is 4.06. The highest BCUT2D eigenvalue weighted by Crippen LogP contribution is 2.23. The maximum Gasteiger partial charge on any atom is 0.254 e. The van der Waals surface area contributed by atoms with E-state index in [1.54, 1.807) is 12.2 Å². The van der Waals surface area contributed by atoms with Gasteiger partial charge >= 0.3 is 0 Å². The van der Waals surface area contributed by atoms with Gasteiger partial charge in [-0.3, -0.25) is 4.79 Å². The van der Waals surface area contributed by atoms with Crippen molar-refractivity contribution < 1.29 is 4.79 Å². The Hall–Kier alpha value is -1.57. The average Bonchev–Trinajstić information content (AvgIpc) is 2.36. The summed E-state index contributed by atoms with van der Waals surface area (Å²) in [4.78, 5) is 13.8. The number of amides is 1. The summed E-state index contributed by atoms with van der Waals surface area (Å²) in [7, 11) is 0. The molecule has 0 unspecified atom stereocenters. The molecule has 94 valence electrons. The van der Waals surface area contributed by atoms with Gasteiger partial charge < -0.3 is 4.90 Å². The standard InChI is InChI=1S/C13H17NO.C2H6/c1-4-7-11-8-10-14(9-5-2)13(15)12(11)6-3;1-2/h4-7H,1-2,8-10H2,3H3;1-2H3/b11-7-,12-6+;. The summed E-state index contributed by atoms with van der Waals surface area (Å²) in [6.07, 6.45) is 8.17. The molecule has 2 heteroatoms. The second-order valence-electron chi connectivity index (χ2n) is 3.42. The van der Waals surface area contributed by atoms with E-state index in [1.807, 2.05) is 37.8 Å². The van der Waals surface area contributed by atoms with Crippen molar-refractivity contribution in [2.75, 3.05) is 13.1 Å². The van der Waals surface area contributed by atoms with Crippen molar-refractivity contribution in [1.82, 2.24) is 4.90 Å². The lowest BCUT2D eigenvalue weighted by Gasteiger charge is -2.29. The molecule has 1 heterocycles. The molecule has 1 rings (SSSR count). The monoisotopic (exact) mass is 233 g/mol. The summed E-state index contributed by atoms with van der Waals surface area (Å²) in [5.41, 5.74) is 1.88. The Labute approximate surface area is 105 Å². The molecule has 0 N–H and O–H groups in total. The van der Waals surface area contributed by atoms with Crippen LogP contribution in [0.1, 0.15) is 27.2 Å². The van der Waals surface area contributed by atoms with Crippen LogP contribution in [-0.2, 0) is 4.79 Å². The van der Waals surface area contributed by atoms with Gasteiger partial charge in [-0.25, -0.2) is 0 Å². The first-order valence-corrected chi connectivity index (χ1v) is 6.13. The minimum Gasteiger partial charge on any atom is -0.335 e. The van der Waals surface area contributed by atoms with Crippen molar-refractivity contribution in [3.8, 4) is 0 Å². The zero-order valence-corrected chi connectivity index (χ0v) is 11.2. The second-order valence-corrected chi connectivity index (χ2v) is 3.42. The lowest BCUT2D eigenvalue weighted by Crippen LogP contribution is -2.37. The largest absolute Gasteiger partial charge is 0.335 e. The van der Waals surface area contributed by atoms with E-state index >= 15 is 0 Å². The maximum atomic E-state index is 12.0. The summed E-state index contributed by atoms with van der Waals surface area (Å²) in [6.45, 7) is 14.6. The number of likely N-dealkylation sites (tertiary alicyclic amines) is 1. The fraction of sp³-hybridized carbons (Fsp3) is 0.400. The third-order valence-electron chi connectivity index (χ3n) is 2.47. The summed E-state index contributed by atoms with van der Waals surface area (Å²) in [5.74, 6) is 0.0942. The minimum absolute atomic E-state index is 0.0942. The zero-order valence-electron chi connectivity index (χ0n) is 11.2. The van der Waals surface area contributed by atoms with Crippen molar-refractivity contribution in [2.24, 2.45) is 0 Å². The van der Waals surface area contributed by atoms with Crippen molar-refractivity contribution in [2.45, 2.75) is 27.2 Å². The van der Waals surface area contributed by atoms with Gasteiger partial charge in [0.1, 0.15) is 0 Å². The number of nitrogens with zero attached hydrogens (tertiary/aromatic N) is 1. The first-order chi connectivity index (χ1) is 8.24. The van der Waals surface area contributed by atoms with E-state index in [4.69, 9.17) is 0 Å². The van der Waals surface area contributed by atoms with Crippen LogP contribution in [0.2, 0.25) is 0 Å². The molecule has 1 fully saturated rings. The highest BCUT2D eigenvalue weighted by Gasteiger charge is 2.24. The quantitative estimate of drug-likeness (QED) is 0.540. The van der Waals surface area contributed by atoms with Gasteiger partial charge in [-0.15, -0.1) is 6.58 Å². The van der Waals surface area contributed by atoms with Crippen LogP contribution in [0.4, 0.5) is 0 Å². The Morgan fingerprint density at radius 3 is 2.47 bits per heavy atom. The van der Waals surface area contributed by atoms with Gasteiger partial charge in [0.25, 0.3) is 5.91 Å². The predicted molar refractivity (Wildman–Crippen MR) is 74.8 cm³/mol. The molecule has 0 bridgehead atoms. The van der Waals surface area contributed by atoms with Crippen LogP contribution >= 0.6 is 0 Å². The van der Waals surface area contributed by atoms with Gasteiger partial charge in [-0.1, -0.05) is 44.7 Å². The van der Waals surface area contributed by atoms with Crippen LogP contribution in [0.15, 0.2) is 48.6 Å². The van der Waals surface area contributed by atoms with Crippen LogP contribution in [-0.4, -0.2) is 23.9 Å². The molecule has 0 spiro atoms. The first kappa shape index (κ1) is 15.4. The van der Waals surface area contributed by atoms with Crippen LogP contribution in [0.5, 0.6) is 0 Å². The number of rotatable bonds is 3. The number of allylic oxidation sites excluding steroid dienone is 3. The summed E-state index contributed by atoms with van der Waals surface area (Å²) < 4.78 is 0. The van der Waals surface area contributed by atoms with E-state index in [2.05, 4.69) is 13.2 Å². The molecular weight excluding hydrogens is 210 g/mol. The Kier molecular flexibility index (Phi) is 7.78. The molecule has 17 heavy (non-hydrogen) atoms. The van der Waals surface area contributed by atoms with E-state index < -0.39 is 0 Å². The minimum atomic E-state index is 0.0942. The highest BCUT2D eigenvalue weighted by atomic mass is 16.2. The molecular formula is C15H23NO. The van der Waals surface area contributed by atoms with Gasteiger partial charge in [0.05, 0.1) is 0 Å². The fourth-order valence-electron chi connectivity index (χ4n) is 1.75. The van der Waals surface area contributed by atoms with Gasteiger partial charge in [-0.05, 0) is 18.9 Å². The van der Waals surface area contributed by atoms with E-state index in [1.165, 1.54) is 0 Å². The summed E-state index contributed by atoms with van der Waals surface area (Å²) >= 11 is 0. The predicted octanol–water partition coefficient (Wildman–Crippen LogP) is 3.49. The number of piperidine rings is 1. The highest BCUT2D eigenvalue weighted by molar-refractivity contribution is 5.99. The number of hydrogen-bond donors (Lipinski definition) is 0. The lowest BCUT2D eigenvalue weighted by atomic mass is 9.96. The Balaban J connectivity index is 0.00000121. The van der Waals surface area contributed by atoms with Crippen molar-refractivity contribution in [1.29, 1.82) is 0 Å². The van der Waals surface area contributed by atoms with Gasteiger partial charge in [0.15, 0.2) is 0 Å². The Bertz CT molecular complexity index is 337. The van der Waals surface area contributed by atoms with Crippen LogP contribution < -0.4 is 0 Å². The molecule has 0 radical (unpaired) electrons. The summed E-state index contributed by atoms with van der Waals surface area (Å²) in [6, 6.07) is 0.